The fourth-order valence-corrected chi connectivity index (χ4v) is 1.92. The summed E-state index contributed by atoms with van der Waals surface area (Å²) in [6, 6.07) is 6.75. The fourth-order valence-electron chi connectivity index (χ4n) is 1.92. The van der Waals surface area contributed by atoms with Gasteiger partial charge in [-0.2, -0.15) is 0 Å². The molecule has 13 heavy (non-hydrogen) atoms. The van der Waals surface area contributed by atoms with E-state index in [1.165, 1.54) is 16.7 Å². The molecule has 0 radical (unpaired) electrons. The number of hydrogen-bond acceptors (Lipinski definition) is 1. The predicted octanol–water partition coefficient (Wildman–Crippen LogP) is 2.67. The maximum Gasteiger partial charge on any atom is 0.0300 e. The van der Waals surface area contributed by atoms with Crippen molar-refractivity contribution in [3.63, 3.8) is 0 Å². The van der Waals surface area contributed by atoms with E-state index in [1.807, 2.05) is 6.92 Å². The van der Waals surface area contributed by atoms with Crippen LogP contribution in [0.3, 0.4) is 0 Å². The predicted molar refractivity (Wildman–Crippen MR) is 56.4 cm³/mol. The van der Waals surface area contributed by atoms with E-state index in [4.69, 9.17) is 5.73 Å². The first-order chi connectivity index (χ1) is 6.18. The summed E-state index contributed by atoms with van der Waals surface area (Å²) in [5.41, 5.74) is 11.1. The molecule has 0 aromatic heterocycles. The zero-order valence-electron chi connectivity index (χ0n) is 8.01. The van der Waals surface area contributed by atoms with Crippen molar-refractivity contribution in [3.8, 4) is 0 Å². The van der Waals surface area contributed by atoms with Crippen LogP contribution in [0.15, 0.2) is 24.8 Å². The van der Waals surface area contributed by atoms with Gasteiger partial charge in [0.15, 0.2) is 0 Å². The van der Waals surface area contributed by atoms with E-state index in [1.54, 1.807) is 0 Å². The largest absolute Gasteiger partial charge is 0.324 e. The highest BCUT2D eigenvalue weighted by molar-refractivity contribution is 5.63. The van der Waals surface area contributed by atoms with Crippen LogP contribution in [-0.4, -0.2) is 0 Å². The summed E-state index contributed by atoms with van der Waals surface area (Å²) >= 11 is 0. The molecule has 0 saturated heterocycles. The molecule has 0 fully saturated rings. The van der Waals surface area contributed by atoms with Crippen LogP contribution in [0.1, 0.15) is 36.1 Å². The molecular formula is C12H15N. The lowest BCUT2D eigenvalue weighted by Gasteiger charge is -2.06. The molecule has 1 aliphatic rings. The number of allylic oxidation sites excluding steroid dienone is 1. The van der Waals surface area contributed by atoms with Gasteiger partial charge in [0.1, 0.15) is 0 Å². The Labute approximate surface area is 79.3 Å². The van der Waals surface area contributed by atoms with Crippen LogP contribution in [0.2, 0.25) is 0 Å². The fraction of sp³-hybridized carbons (Fsp3) is 0.333. The standard InChI is InChI=1S/C12H15N/c1-8(2)9-3-5-11-10(7-9)4-6-12(11)13/h3,5,7,12H,1,4,6,13H2,2H3/t12-/m0/s1. The number of rotatable bonds is 1. The summed E-state index contributed by atoms with van der Waals surface area (Å²) in [6.07, 6.45) is 2.21. The molecule has 0 aliphatic heterocycles. The van der Waals surface area contributed by atoms with Gasteiger partial charge in [0.2, 0.25) is 0 Å². The number of nitrogens with two attached hydrogens (primary N) is 1. The molecule has 68 valence electrons. The first-order valence-electron chi connectivity index (χ1n) is 4.73. The Balaban J connectivity index is 2.45. The smallest absolute Gasteiger partial charge is 0.0300 e. The molecule has 0 heterocycles. The van der Waals surface area contributed by atoms with Crippen molar-refractivity contribution in [2.24, 2.45) is 5.73 Å². The van der Waals surface area contributed by atoms with Gasteiger partial charge in [-0.05, 0) is 36.5 Å². The monoisotopic (exact) mass is 173 g/mol. The Hall–Kier alpha value is -1.08. The van der Waals surface area contributed by atoms with Crippen LogP contribution >= 0.6 is 0 Å². The summed E-state index contributed by atoms with van der Waals surface area (Å²) < 4.78 is 0. The molecule has 2 N–H and O–H groups in total. The molecular weight excluding hydrogens is 158 g/mol. The van der Waals surface area contributed by atoms with E-state index in [-0.39, 0.29) is 6.04 Å². The minimum atomic E-state index is 0.258. The highest BCUT2D eigenvalue weighted by Gasteiger charge is 2.18. The van der Waals surface area contributed by atoms with Crippen molar-refractivity contribution in [1.82, 2.24) is 0 Å². The molecule has 1 aromatic carbocycles. The van der Waals surface area contributed by atoms with Crippen molar-refractivity contribution in [2.45, 2.75) is 25.8 Å². The van der Waals surface area contributed by atoms with Crippen LogP contribution in [-0.2, 0) is 6.42 Å². The molecule has 1 aliphatic carbocycles. The molecule has 1 aromatic rings. The Morgan fingerprint density at radius 3 is 3.00 bits per heavy atom. The lowest BCUT2D eigenvalue weighted by Crippen LogP contribution is -2.04. The van der Waals surface area contributed by atoms with Crippen LogP contribution in [0.25, 0.3) is 5.57 Å². The van der Waals surface area contributed by atoms with Gasteiger partial charge in [-0.15, -0.1) is 0 Å². The van der Waals surface area contributed by atoms with Crippen molar-refractivity contribution in [3.05, 3.63) is 41.5 Å². The van der Waals surface area contributed by atoms with Crippen LogP contribution < -0.4 is 5.73 Å². The number of aryl methyl sites for hydroxylation is 1. The second-order valence-corrected chi connectivity index (χ2v) is 3.84. The number of hydrogen-bond donors (Lipinski definition) is 1. The summed E-state index contributed by atoms with van der Waals surface area (Å²) in [7, 11) is 0. The van der Waals surface area contributed by atoms with Crippen molar-refractivity contribution in [1.29, 1.82) is 0 Å². The SMILES string of the molecule is C=C(C)c1ccc2c(c1)CC[C@@H]2N. The molecule has 0 spiro atoms. The quantitative estimate of drug-likeness (QED) is 0.694. The van der Waals surface area contributed by atoms with Gasteiger partial charge in [-0.1, -0.05) is 30.4 Å². The molecule has 1 heteroatoms. The Morgan fingerprint density at radius 1 is 1.54 bits per heavy atom. The molecule has 0 saturated carbocycles. The molecule has 0 unspecified atom stereocenters. The van der Waals surface area contributed by atoms with Gasteiger partial charge in [-0.25, -0.2) is 0 Å². The van der Waals surface area contributed by atoms with Crippen LogP contribution in [0.4, 0.5) is 0 Å². The highest BCUT2D eigenvalue weighted by Crippen LogP contribution is 2.30. The Morgan fingerprint density at radius 2 is 2.31 bits per heavy atom. The Bertz CT molecular complexity index is 352. The number of fused-ring (bicyclic) bond motifs is 1. The molecule has 2 rings (SSSR count). The van der Waals surface area contributed by atoms with Gasteiger partial charge >= 0.3 is 0 Å². The summed E-state index contributed by atoms with van der Waals surface area (Å²) in [6.45, 7) is 5.98. The zero-order valence-corrected chi connectivity index (χ0v) is 8.01. The van der Waals surface area contributed by atoms with E-state index in [2.05, 4.69) is 24.8 Å². The second-order valence-electron chi connectivity index (χ2n) is 3.84. The molecule has 1 nitrogen and oxygen atoms in total. The molecule has 0 bridgehead atoms. The van der Waals surface area contributed by atoms with Crippen molar-refractivity contribution >= 4 is 5.57 Å². The maximum absolute atomic E-state index is 5.95. The average Bonchev–Trinajstić information content (AvgIpc) is 2.47. The Kier molecular flexibility index (Phi) is 1.97. The van der Waals surface area contributed by atoms with Gasteiger partial charge in [0, 0.05) is 6.04 Å². The van der Waals surface area contributed by atoms with Crippen molar-refractivity contribution in [2.75, 3.05) is 0 Å². The van der Waals surface area contributed by atoms with Crippen molar-refractivity contribution < 1.29 is 0 Å². The van der Waals surface area contributed by atoms with Gasteiger partial charge in [0.25, 0.3) is 0 Å². The number of benzene rings is 1. The summed E-state index contributed by atoms with van der Waals surface area (Å²) in [5.74, 6) is 0. The minimum Gasteiger partial charge on any atom is -0.324 e. The minimum absolute atomic E-state index is 0.258. The van der Waals surface area contributed by atoms with E-state index in [0.717, 1.165) is 18.4 Å². The normalized spacial score (nSPS) is 20.0. The zero-order chi connectivity index (χ0) is 9.42. The first kappa shape index (κ1) is 8.52. The average molecular weight is 173 g/mol. The van der Waals surface area contributed by atoms with E-state index >= 15 is 0 Å². The third-order valence-electron chi connectivity index (χ3n) is 2.76. The third-order valence-corrected chi connectivity index (χ3v) is 2.76. The van der Waals surface area contributed by atoms with Gasteiger partial charge in [-0.3, -0.25) is 0 Å². The lowest BCUT2D eigenvalue weighted by atomic mass is 10.0. The van der Waals surface area contributed by atoms with E-state index in [0.29, 0.717) is 0 Å². The third kappa shape index (κ3) is 1.40. The maximum atomic E-state index is 5.95. The topological polar surface area (TPSA) is 26.0 Å². The highest BCUT2D eigenvalue weighted by atomic mass is 14.6. The lowest BCUT2D eigenvalue weighted by molar-refractivity contribution is 0.713. The summed E-state index contributed by atoms with van der Waals surface area (Å²) in [4.78, 5) is 0. The second kappa shape index (κ2) is 3.00. The molecule has 0 amide bonds. The molecule has 1 atom stereocenters. The summed E-state index contributed by atoms with van der Waals surface area (Å²) in [5, 5.41) is 0. The van der Waals surface area contributed by atoms with Crippen LogP contribution in [0, 0.1) is 0 Å². The van der Waals surface area contributed by atoms with E-state index < -0.39 is 0 Å². The van der Waals surface area contributed by atoms with Crippen LogP contribution in [0.5, 0.6) is 0 Å². The van der Waals surface area contributed by atoms with Gasteiger partial charge in [0.05, 0.1) is 0 Å². The first-order valence-corrected chi connectivity index (χ1v) is 4.73. The van der Waals surface area contributed by atoms with E-state index in [9.17, 15) is 0 Å². The van der Waals surface area contributed by atoms with Gasteiger partial charge < -0.3 is 5.73 Å².